The zero-order valence-corrected chi connectivity index (χ0v) is 15.2. The molecule has 0 spiro atoms. The lowest BCUT2D eigenvalue weighted by molar-refractivity contribution is -0.133. The molecule has 2 fully saturated rings. The van der Waals surface area contributed by atoms with Gasteiger partial charge in [0, 0.05) is 38.5 Å². The summed E-state index contributed by atoms with van der Waals surface area (Å²) in [5.41, 5.74) is -0.0607. The molecule has 1 aromatic heterocycles. The normalized spacial score (nSPS) is 22.5. The highest BCUT2D eigenvalue weighted by molar-refractivity contribution is 5.76. The molecule has 3 rings (SSSR count). The predicted octanol–water partition coefficient (Wildman–Crippen LogP) is 2.45. The van der Waals surface area contributed by atoms with E-state index < -0.39 is 0 Å². The molecule has 2 aliphatic rings. The fraction of sp³-hybridized carbons (Fsp3) is 0.833. The number of carbonyl (C=O) groups excluding carboxylic acids is 1. The summed E-state index contributed by atoms with van der Waals surface area (Å²) in [6.07, 6.45) is 7.64. The third-order valence-corrected chi connectivity index (χ3v) is 5.58. The van der Waals surface area contributed by atoms with E-state index in [1.807, 2.05) is 18.7 Å². The van der Waals surface area contributed by atoms with Gasteiger partial charge < -0.3 is 4.90 Å². The maximum absolute atomic E-state index is 12.7. The van der Waals surface area contributed by atoms with Crippen molar-refractivity contribution in [2.75, 3.05) is 13.1 Å². The molecule has 6 nitrogen and oxygen atoms in total. The summed E-state index contributed by atoms with van der Waals surface area (Å²) in [5, 5.41) is 4.48. The highest BCUT2D eigenvalue weighted by Crippen LogP contribution is 2.30. The number of hydrogen-bond donors (Lipinski definition) is 0. The third kappa shape index (κ3) is 3.42. The Morgan fingerprint density at radius 2 is 1.92 bits per heavy atom. The van der Waals surface area contributed by atoms with Crippen molar-refractivity contribution >= 4 is 5.91 Å². The fourth-order valence-corrected chi connectivity index (χ4v) is 4.27. The molecule has 2 heterocycles. The van der Waals surface area contributed by atoms with Gasteiger partial charge in [-0.25, -0.2) is 9.48 Å². The summed E-state index contributed by atoms with van der Waals surface area (Å²) in [4.78, 5) is 27.0. The topological polar surface area (TPSA) is 60.1 Å². The maximum atomic E-state index is 12.7. The van der Waals surface area contributed by atoms with Gasteiger partial charge in [-0.2, -0.15) is 5.10 Å². The van der Waals surface area contributed by atoms with Crippen LogP contribution in [0.3, 0.4) is 0 Å². The SMILES string of the molecule is CC(C)n1c(C2CCCN(C(=O)CC3CCCC3)C2)nn(C)c1=O. The van der Waals surface area contributed by atoms with E-state index in [1.54, 1.807) is 11.6 Å². The van der Waals surface area contributed by atoms with Crippen LogP contribution in [-0.4, -0.2) is 38.2 Å². The lowest BCUT2D eigenvalue weighted by Gasteiger charge is -2.33. The molecule has 0 N–H and O–H groups in total. The van der Waals surface area contributed by atoms with Crippen LogP contribution >= 0.6 is 0 Å². The molecule has 0 radical (unpaired) electrons. The van der Waals surface area contributed by atoms with Crippen molar-refractivity contribution in [1.82, 2.24) is 19.2 Å². The minimum absolute atomic E-state index is 0.0607. The van der Waals surface area contributed by atoms with Crippen LogP contribution in [0.25, 0.3) is 0 Å². The largest absolute Gasteiger partial charge is 0.345 e. The van der Waals surface area contributed by atoms with Crippen LogP contribution in [0.1, 0.15) is 76.6 Å². The van der Waals surface area contributed by atoms with E-state index in [4.69, 9.17) is 0 Å². The summed E-state index contributed by atoms with van der Waals surface area (Å²) >= 11 is 0. The van der Waals surface area contributed by atoms with Crippen molar-refractivity contribution in [2.45, 2.75) is 70.8 Å². The molecule has 1 atom stereocenters. The third-order valence-electron chi connectivity index (χ3n) is 5.58. The maximum Gasteiger partial charge on any atom is 0.345 e. The van der Waals surface area contributed by atoms with E-state index in [9.17, 15) is 9.59 Å². The summed E-state index contributed by atoms with van der Waals surface area (Å²) in [5.74, 6) is 1.89. The van der Waals surface area contributed by atoms with Crippen LogP contribution in [0.5, 0.6) is 0 Å². The molecule has 0 aromatic carbocycles. The second kappa shape index (κ2) is 7.11. The second-order valence-electron chi connectivity index (χ2n) is 7.76. The van der Waals surface area contributed by atoms with Gasteiger partial charge in [0.25, 0.3) is 0 Å². The Kier molecular flexibility index (Phi) is 5.11. The minimum Gasteiger partial charge on any atom is -0.342 e. The summed E-state index contributed by atoms with van der Waals surface area (Å²) in [7, 11) is 1.70. The van der Waals surface area contributed by atoms with Crippen molar-refractivity contribution in [3.8, 4) is 0 Å². The molecule has 6 heteroatoms. The van der Waals surface area contributed by atoms with E-state index in [2.05, 4.69) is 5.10 Å². The number of likely N-dealkylation sites (tertiary alicyclic amines) is 1. The molecular formula is C18H30N4O2. The number of aromatic nitrogens is 3. The van der Waals surface area contributed by atoms with E-state index in [0.29, 0.717) is 24.8 Å². The van der Waals surface area contributed by atoms with Crippen LogP contribution in [0.4, 0.5) is 0 Å². The Balaban J connectivity index is 1.72. The number of rotatable bonds is 4. The van der Waals surface area contributed by atoms with Gasteiger partial charge in [0.05, 0.1) is 0 Å². The molecule has 134 valence electrons. The monoisotopic (exact) mass is 334 g/mol. The molecule has 1 aromatic rings. The van der Waals surface area contributed by atoms with Crippen molar-refractivity contribution < 1.29 is 4.79 Å². The molecular weight excluding hydrogens is 304 g/mol. The number of amides is 1. The summed E-state index contributed by atoms with van der Waals surface area (Å²) < 4.78 is 3.21. The molecule has 1 amide bonds. The molecule has 0 bridgehead atoms. The second-order valence-corrected chi connectivity index (χ2v) is 7.76. The first kappa shape index (κ1) is 17.2. The zero-order chi connectivity index (χ0) is 17.3. The predicted molar refractivity (Wildman–Crippen MR) is 93.0 cm³/mol. The number of aryl methyl sites for hydroxylation is 1. The number of piperidine rings is 1. The van der Waals surface area contributed by atoms with Crippen LogP contribution in [0, 0.1) is 5.92 Å². The van der Waals surface area contributed by atoms with Crippen LogP contribution in [0.15, 0.2) is 4.79 Å². The standard InChI is InChI=1S/C18H30N4O2/c1-13(2)22-17(19-20(3)18(22)24)15-9-6-10-21(12-15)16(23)11-14-7-4-5-8-14/h13-15H,4-12H2,1-3H3. The van der Waals surface area contributed by atoms with Crippen molar-refractivity contribution in [1.29, 1.82) is 0 Å². The molecule has 1 saturated heterocycles. The van der Waals surface area contributed by atoms with Crippen LogP contribution in [-0.2, 0) is 11.8 Å². The Hall–Kier alpha value is -1.59. The highest BCUT2D eigenvalue weighted by atomic mass is 16.2. The Morgan fingerprint density at radius 3 is 2.58 bits per heavy atom. The molecule has 1 aliphatic carbocycles. The van der Waals surface area contributed by atoms with Gasteiger partial charge in [-0.05, 0) is 45.4 Å². The molecule has 1 unspecified atom stereocenters. The van der Waals surface area contributed by atoms with Crippen LogP contribution < -0.4 is 5.69 Å². The first-order valence-corrected chi connectivity index (χ1v) is 9.40. The first-order valence-electron chi connectivity index (χ1n) is 9.40. The van der Waals surface area contributed by atoms with Crippen molar-refractivity contribution in [3.05, 3.63) is 16.3 Å². The quantitative estimate of drug-likeness (QED) is 0.850. The van der Waals surface area contributed by atoms with E-state index >= 15 is 0 Å². The minimum atomic E-state index is -0.0607. The Morgan fingerprint density at radius 1 is 1.21 bits per heavy atom. The van der Waals surface area contributed by atoms with Crippen molar-refractivity contribution in [2.24, 2.45) is 13.0 Å². The highest BCUT2D eigenvalue weighted by Gasteiger charge is 2.31. The molecule has 1 aliphatic heterocycles. The summed E-state index contributed by atoms with van der Waals surface area (Å²) in [6.45, 7) is 5.58. The lowest BCUT2D eigenvalue weighted by atomic mass is 9.95. The fourth-order valence-electron chi connectivity index (χ4n) is 4.27. The Bertz CT molecular complexity index is 640. The van der Waals surface area contributed by atoms with E-state index in [1.165, 1.54) is 30.4 Å². The van der Waals surface area contributed by atoms with E-state index in [0.717, 1.165) is 25.2 Å². The smallest absolute Gasteiger partial charge is 0.342 e. The average molecular weight is 334 g/mol. The lowest BCUT2D eigenvalue weighted by Crippen LogP contribution is -2.40. The van der Waals surface area contributed by atoms with Gasteiger partial charge in [-0.15, -0.1) is 0 Å². The Labute approximate surface area is 143 Å². The van der Waals surface area contributed by atoms with Gasteiger partial charge in [-0.1, -0.05) is 12.8 Å². The first-order chi connectivity index (χ1) is 11.5. The van der Waals surface area contributed by atoms with E-state index in [-0.39, 0.29) is 17.6 Å². The van der Waals surface area contributed by atoms with Gasteiger partial charge in [0.1, 0.15) is 5.82 Å². The molecule has 1 saturated carbocycles. The summed E-state index contributed by atoms with van der Waals surface area (Å²) in [6, 6.07) is 0.0887. The van der Waals surface area contributed by atoms with Crippen molar-refractivity contribution in [3.63, 3.8) is 0 Å². The van der Waals surface area contributed by atoms with Gasteiger partial charge in [0.2, 0.25) is 5.91 Å². The van der Waals surface area contributed by atoms with Crippen LogP contribution in [0.2, 0.25) is 0 Å². The number of hydrogen-bond acceptors (Lipinski definition) is 3. The number of nitrogens with zero attached hydrogens (tertiary/aromatic N) is 4. The average Bonchev–Trinajstić information content (AvgIpc) is 3.16. The molecule has 24 heavy (non-hydrogen) atoms. The number of carbonyl (C=O) groups is 1. The van der Waals surface area contributed by atoms with Gasteiger partial charge >= 0.3 is 5.69 Å². The van der Waals surface area contributed by atoms with Gasteiger partial charge in [-0.3, -0.25) is 9.36 Å². The zero-order valence-electron chi connectivity index (χ0n) is 15.2. The van der Waals surface area contributed by atoms with Gasteiger partial charge in [0.15, 0.2) is 0 Å².